The molecule has 4 amide bonds. The number of piperidine rings is 1. The summed E-state index contributed by atoms with van der Waals surface area (Å²) in [6, 6.07) is 13.3. The van der Waals surface area contributed by atoms with Gasteiger partial charge < -0.3 is 29.8 Å². The van der Waals surface area contributed by atoms with Crippen molar-refractivity contribution in [3.63, 3.8) is 0 Å². The molecule has 2 aliphatic rings. The van der Waals surface area contributed by atoms with Crippen molar-refractivity contribution in [1.82, 2.24) is 20.4 Å². The Morgan fingerprint density at radius 2 is 1.82 bits per heavy atom. The molecule has 3 heterocycles. The summed E-state index contributed by atoms with van der Waals surface area (Å²) in [6.45, 7) is 4.32. The lowest BCUT2D eigenvalue weighted by Gasteiger charge is -2.43. The number of benzene rings is 1. The van der Waals surface area contributed by atoms with Crippen LogP contribution in [0, 0.1) is 0 Å². The monoisotopic (exact) mass is 467 g/mol. The molecule has 2 aromatic rings. The number of unbranched alkanes of at least 4 members (excludes halogenated alkanes) is 1. The van der Waals surface area contributed by atoms with Gasteiger partial charge in [-0.05, 0) is 43.5 Å². The summed E-state index contributed by atoms with van der Waals surface area (Å²) in [4.78, 5) is 44.3. The maximum absolute atomic E-state index is 13.7. The molecule has 0 bridgehead atoms. The van der Waals surface area contributed by atoms with Crippen LogP contribution in [0.2, 0.25) is 0 Å². The predicted octanol–water partition coefficient (Wildman–Crippen LogP) is 2.55. The van der Waals surface area contributed by atoms with E-state index in [2.05, 4.69) is 22.5 Å². The zero-order valence-electron chi connectivity index (χ0n) is 19.7. The van der Waals surface area contributed by atoms with Crippen LogP contribution in [0.4, 0.5) is 10.5 Å². The number of nitrogens with zero attached hydrogens (tertiary/aromatic N) is 3. The van der Waals surface area contributed by atoms with Crippen molar-refractivity contribution < 1.29 is 18.8 Å². The number of hydrogen-bond donors (Lipinski definition) is 2. The molecule has 1 aromatic carbocycles. The molecule has 2 N–H and O–H groups in total. The lowest BCUT2D eigenvalue weighted by atomic mass is 9.85. The molecule has 2 saturated heterocycles. The van der Waals surface area contributed by atoms with E-state index in [1.165, 1.54) is 0 Å². The molecule has 1 aromatic heterocycles. The van der Waals surface area contributed by atoms with Crippen LogP contribution in [0.1, 0.15) is 38.4 Å². The van der Waals surface area contributed by atoms with Crippen molar-refractivity contribution in [2.45, 2.75) is 44.7 Å². The number of amides is 4. The first kappa shape index (κ1) is 23.7. The van der Waals surface area contributed by atoms with Gasteiger partial charge >= 0.3 is 6.03 Å². The summed E-state index contributed by atoms with van der Waals surface area (Å²) in [5.41, 5.74) is 0.179. The number of carbonyl (C=O) groups is 3. The third kappa shape index (κ3) is 5.03. The van der Waals surface area contributed by atoms with E-state index < -0.39 is 5.54 Å². The van der Waals surface area contributed by atoms with Gasteiger partial charge in [0.05, 0.1) is 19.5 Å². The van der Waals surface area contributed by atoms with Gasteiger partial charge in [0.1, 0.15) is 17.8 Å². The van der Waals surface area contributed by atoms with Gasteiger partial charge in [-0.2, -0.15) is 0 Å². The van der Waals surface area contributed by atoms with Gasteiger partial charge in [0.2, 0.25) is 5.91 Å². The van der Waals surface area contributed by atoms with E-state index >= 15 is 0 Å². The van der Waals surface area contributed by atoms with Crippen molar-refractivity contribution >= 4 is 23.5 Å². The summed E-state index contributed by atoms with van der Waals surface area (Å²) in [7, 11) is 0. The first-order valence-electron chi connectivity index (χ1n) is 12.0. The Balaban J connectivity index is 1.44. The highest BCUT2D eigenvalue weighted by atomic mass is 16.3. The van der Waals surface area contributed by atoms with Gasteiger partial charge in [0.25, 0.3) is 5.91 Å². The molecule has 0 saturated carbocycles. The number of furan rings is 1. The summed E-state index contributed by atoms with van der Waals surface area (Å²) in [6.07, 6.45) is 4.57. The van der Waals surface area contributed by atoms with Crippen molar-refractivity contribution in [1.29, 1.82) is 0 Å². The van der Waals surface area contributed by atoms with Crippen molar-refractivity contribution in [2.24, 2.45) is 0 Å². The highest BCUT2D eigenvalue weighted by molar-refractivity contribution is 5.96. The Morgan fingerprint density at radius 1 is 1.06 bits per heavy atom. The van der Waals surface area contributed by atoms with E-state index in [4.69, 9.17) is 4.42 Å². The molecule has 0 atom stereocenters. The lowest BCUT2D eigenvalue weighted by Crippen LogP contribution is -2.58. The fourth-order valence-corrected chi connectivity index (χ4v) is 4.71. The van der Waals surface area contributed by atoms with Gasteiger partial charge in [0.15, 0.2) is 0 Å². The molecular weight excluding hydrogens is 434 g/mol. The van der Waals surface area contributed by atoms with E-state index in [-0.39, 0.29) is 30.9 Å². The Bertz CT molecular complexity index is 970. The van der Waals surface area contributed by atoms with E-state index in [9.17, 15) is 14.4 Å². The molecule has 9 heteroatoms. The minimum Gasteiger partial charge on any atom is -0.467 e. The zero-order valence-corrected chi connectivity index (χ0v) is 19.7. The topological polar surface area (TPSA) is 98.1 Å². The number of anilines is 1. The van der Waals surface area contributed by atoms with E-state index in [0.29, 0.717) is 44.9 Å². The average molecular weight is 468 g/mol. The molecular formula is C25H33N5O4. The second kappa shape index (κ2) is 10.6. The Hall–Kier alpha value is -3.49. The number of hydrogen-bond acceptors (Lipinski definition) is 5. The second-order valence-corrected chi connectivity index (χ2v) is 8.87. The molecule has 2 fully saturated rings. The summed E-state index contributed by atoms with van der Waals surface area (Å²) in [5, 5.41) is 5.78. The summed E-state index contributed by atoms with van der Waals surface area (Å²) >= 11 is 0. The number of rotatable bonds is 8. The van der Waals surface area contributed by atoms with Gasteiger partial charge in [0, 0.05) is 25.3 Å². The fraction of sp³-hybridized carbons (Fsp3) is 0.480. The Labute approximate surface area is 200 Å². The number of likely N-dealkylation sites (tertiary alicyclic amines) is 1. The molecule has 1 spiro atoms. The van der Waals surface area contributed by atoms with Crippen molar-refractivity contribution in [3.8, 4) is 0 Å². The number of carbonyl (C=O) groups excluding carboxylic acids is 3. The zero-order chi connectivity index (χ0) is 24.0. The van der Waals surface area contributed by atoms with E-state index in [1.54, 1.807) is 28.2 Å². The molecule has 182 valence electrons. The average Bonchev–Trinajstić information content (AvgIpc) is 3.47. The predicted molar refractivity (Wildman–Crippen MR) is 128 cm³/mol. The molecule has 34 heavy (non-hydrogen) atoms. The minimum atomic E-state index is -0.761. The van der Waals surface area contributed by atoms with Gasteiger partial charge in [-0.25, -0.2) is 4.79 Å². The third-order valence-corrected chi connectivity index (χ3v) is 6.64. The van der Waals surface area contributed by atoms with Crippen LogP contribution in [0.3, 0.4) is 0 Å². The Morgan fingerprint density at radius 3 is 2.50 bits per heavy atom. The molecule has 0 unspecified atom stereocenters. The smallest absolute Gasteiger partial charge is 0.317 e. The van der Waals surface area contributed by atoms with Crippen LogP contribution in [0.5, 0.6) is 0 Å². The van der Waals surface area contributed by atoms with E-state index in [1.807, 2.05) is 30.3 Å². The van der Waals surface area contributed by atoms with Gasteiger partial charge in [-0.3, -0.25) is 9.59 Å². The molecule has 4 rings (SSSR count). The second-order valence-electron chi connectivity index (χ2n) is 8.87. The highest BCUT2D eigenvalue weighted by Crippen LogP contribution is 2.39. The SMILES string of the molecule is CCCCNC(=O)N1CCC2(CC1)C(=O)N(CC(=O)NCc1ccco1)CN2c1ccccc1. The van der Waals surface area contributed by atoms with Gasteiger partial charge in [-0.1, -0.05) is 31.5 Å². The molecule has 0 aliphatic carbocycles. The number of para-hydroxylation sites is 1. The number of nitrogens with one attached hydrogen (secondary N) is 2. The summed E-state index contributed by atoms with van der Waals surface area (Å²) < 4.78 is 5.26. The van der Waals surface area contributed by atoms with Crippen LogP contribution in [-0.2, 0) is 16.1 Å². The third-order valence-electron chi connectivity index (χ3n) is 6.64. The minimum absolute atomic E-state index is 0.0220. The maximum atomic E-state index is 13.7. The molecule has 9 nitrogen and oxygen atoms in total. The maximum Gasteiger partial charge on any atom is 0.317 e. The first-order valence-corrected chi connectivity index (χ1v) is 12.0. The van der Waals surface area contributed by atoms with Crippen LogP contribution >= 0.6 is 0 Å². The Kier molecular flexibility index (Phi) is 7.40. The lowest BCUT2D eigenvalue weighted by molar-refractivity contribution is -0.137. The fourth-order valence-electron chi connectivity index (χ4n) is 4.71. The van der Waals surface area contributed by atoms with Crippen molar-refractivity contribution in [2.75, 3.05) is 37.7 Å². The summed E-state index contributed by atoms with van der Waals surface area (Å²) in [5.74, 6) is 0.367. The van der Waals surface area contributed by atoms with Crippen LogP contribution in [0.25, 0.3) is 0 Å². The van der Waals surface area contributed by atoms with Crippen LogP contribution in [0.15, 0.2) is 53.1 Å². The standard InChI is InChI=1S/C25H33N5O4/c1-2-3-13-26-24(33)28-14-11-25(12-15-28)23(32)29(19-30(25)20-8-5-4-6-9-20)18-22(31)27-17-21-10-7-16-34-21/h4-10,16H,2-3,11-15,17-19H2,1H3,(H,26,33)(H,27,31). The van der Waals surface area contributed by atoms with Gasteiger partial charge in [-0.15, -0.1) is 0 Å². The van der Waals surface area contributed by atoms with Crippen LogP contribution < -0.4 is 15.5 Å². The quantitative estimate of drug-likeness (QED) is 0.582. The van der Waals surface area contributed by atoms with Crippen molar-refractivity contribution in [3.05, 3.63) is 54.5 Å². The number of urea groups is 1. The molecule has 0 radical (unpaired) electrons. The first-order chi connectivity index (χ1) is 16.5. The van der Waals surface area contributed by atoms with Crippen LogP contribution in [-0.4, -0.2) is 66.0 Å². The normalized spacial score (nSPS) is 17.3. The molecule has 2 aliphatic heterocycles. The highest BCUT2D eigenvalue weighted by Gasteiger charge is 2.54. The van der Waals surface area contributed by atoms with E-state index in [0.717, 1.165) is 18.5 Å². The largest absolute Gasteiger partial charge is 0.467 e.